The number of unbranched alkanes of at least 4 members (excludes halogenated alkanes) is 1. The molecule has 0 spiro atoms. The molecule has 1 aliphatic rings. The second kappa shape index (κ2) is 10.8. The van der Waals surface area contributed by atoms with Crippen molar-refractivity contribution < 1.29 is 4.74 Å². The SMILES string of the molecule is COCc1cc(CCCCN2CC=C(c3ccc(Cl)cc3)CC2)nn1-c1ccccc1. The molecule has 1 aromatic heterocycles. The molecule has 3 aromatic rings. The molecule has 0 radical (unpaired) electrons. The lowest BCUT2D eigenvalue weighted by Gasteiger charge is -2.26. The quantitative estimate of drug-likeness (QED) is 0.399. The smallest absolute Gasteiger partial charge is 0.0885 e. The average molecular weight is 436 g/mol. The summed E-state index contributed by atoms with van der Waals surface area (Å²) in [6.45, 7) is 3.85. The molecule has 0 bridgehead atoms. The Hall–Kier alpha value is -2.40. The van der Waals surface area contributed by atoms with Crippen LogP contribution in [0.25, 0.3) is 11.3 Å². The molecule has 0 amide bonds. The summed E-state index contributed by atoms with van der Waals surface area (Å²) < 4.78 is 7.38. The lowest BCUT2D eigenvalue weighted by molar-refractivity contribution is 0.179. The molecule has 0 saturated carbocycles. The number of nitrogens with zero attached hydrogens (tertiary/aromatic N) is 3. The van der Waals surface area contributed by atoms with E-state index in [2.05, 4.69) is 41.3 Å². The summed E-state index contributed by atoms with van der Waals surface area (Å²) in [7, 11) is 1.73. The van der Waals surface area contributed by atoms with Crippen LogP contribution in [0.5, 0.6) is 0 Å². The Morgan fingerprint density at radius 3 is 2.55 bits per heavy atom. The van der Waals surface area contributed by atoms with Gasteiger partial charge >= 0.3 is 0 Å². The summed E-state index contributed by atoms with van der Waals surface area (Å²) in [5.41, 5.74) is 6.05. The van der Waals surface area contributed by atoms with E-state index in [1.807, 2.05) is 35.0 Å². The van der Waals surface area contributed by atoms with Crippen molar-refractivity contribution in [3.63, 3.8) is 0 Å². The summed E-state index contributed by atoms with van der Waals surface area (Å²) in [4.78, 5) is 2.54. The molecule has 0 unspecified atom stereocenters. The summed E-state index contributed by atoms with van der Waals surface area (Å²) in [6.07, 6.45) is 6.79. The van der Waals surface area contributed by atoms with Crippen molar-refractivity contribution in [2.45, 2.75) is 32.3 Å². The molecule has 5 heteroatoms. The van der Waals surface area contributed by atoms with Crippen LogP contribution in [0.2, 0.25) is 5.02 Å². The highest BCUT2D eigenvalue weighted by molar-refractivity contribution is 6.30. The minimum Gasteiger partial charge on any atom is -0.378 e. The van der Waals surface area contributed by atoms with E-state index in [-0.39, 0.29) is 0 Å². The number of rotatable bonds is 9. The third-order valence-electron chi connectivity index (χ3n) is 5.79. The largest absolute Gasteiger partial charge is 0.378 e. The average Bonchev–Trinajstić information content (AvgIpc) is 3.21. The van der Waals surface area contributed by atoms with E-state index >= 15 is 0 Å². The lowest BCUT2D eigenvalue weighted by atomic mass is 9.99. The van der Waals surface area contributed by atoms with Crippen molar-refractivity contribution in [3.8, 4) is 5.69 Å². The molecule has 0 N–H and O–H groups in total. The Balaban J connectivity index is 1.26. The van der Waals surface area contributed by atoms with Gasteiger partial charge in [0, 0.05) is 25.2 Å². The van der Waals surface area contributed by atoms with Crippen LogP contribution in [-0.4, -0.2) is 41.4 Å². The standard InChI is InChI=1S/C26H30ClN3O/c1-31-20-26-19-24(28-30(26)25-8-3-2-4-9-25)7-5-6-16-29-17-14-22(15-18-29)21-10-12-23(27)13-11-21/h2-4,8-14,19H,5-7,15-18,20H2,1H3. The molecular weight excluding hydrogens is 406 g/mol. The van der Waals surface area contributed by atoms with Gasteiger partial charge < -0.3 is 4.74 Å². The van der Waals surface area contributed by atoms with Crippen molar-refractivity contribution in [2.24, 2.45) is 0 Å². The van der Waals surface area contributed by atoms with Crippen molar-refractivity contribution in [1.82, 2.24) is 14.7 Å². The van der Waals surface area contributed by atoms with Crippen LogP contribution in [0, 0.1) is 0 Å². The normalized spacial score (nSPS) is 14.6. The number of benzene rings is 2. The zero-order chi connectivity index (χ0) is 21.5. The predicted octanol–water partition coefficient (Wildman–Crippen LogP) is 5.78. The van der Waals surface area contributed by atoms with Crippen molar-refractivity contribution in [3.05, 3.63) is 88.7 Å². The van der Waals surface area contributed by atoms with Gasteiger partial charge in [-0.05, 0) is 73.7 Å². The number of aryl methyl sites for hydroxylation is 1. The molecule has 0 atom stereocenters. The third kappa shape index (κ3) is 5.85. The first-order chi connectivity index (χ1) is 15.2. The zero-order valence-electron chi connectivity index (χ0n) is 18.1. The van der Waals surface area contributed by atoms with Crippen LogP contribution in [0.1, 0.15) is 36.2 Å². The third-order valence-corrected chi connectivity index (χ3v) is 6.04. The highest BCUT2D eigenvalue weighted by atomic mass is 35.5. The summed E-state index contributed by atoms with van der Waals surface area (Å²) in [5.74, 6) is 0. The molecule has 2 aromatic carbocycles. The number of hydrogen-bond acceptors (Lipinski definition) is 3. The van der Waals surface area contributed by atoms with E-state index in [4.69, 9.17) is 21.4 Å². The maximum atomic E-state index is 6.01. The number of methoxy groups -OCH3 is 1. The molecule has 1 aliphatic heterocycles. The van der Waals surface area contributed by atoms with Crippen LogP contribution < -0.4 is 0 Å². The minimum atomic E-state index is 0.567. The van der Waals surface area contributed by atoms with Gasteiger partial charge in [0.1, 0.15) is 0 Å². The Labute approximate surface area is 190 Å². The molecule has 2 heterocycles. The highest BCUT2D eigenvalue weighted by Crippen LogP contribution is 2.24. The van der Waals surface area contributed by atoms with Crippen molar-refractivity contribution in [1.29, 1.82) is 0 Å². The van der Waals surface area contributed by atoms with Gasteiger partial charge in [0.2, 0.25) is 0 Å². The van der Waals surface area contributed by atoms with E-state index in [1.165, 1.54) is 17.6 Å². The molecule has 162 valence electrons. The van der Waals surface area contributed by atoms with E-state index in [0.717, 1.165) is 61.0 Å². The number of hydrogen-bond donors (Lipinski definition) is 0. The number of para-hydroxylation sites is 1. The topological polar surface area (TPSA) is 30.3 Å². The zero-order valence-corrected chi connectivity index (χ0v) is 18.9. The fourth-order valence-electron chi connectivity index (χ4n) is 4.12. The van der Waals surface area contributed by atoms with Crippen molar-refractivity contribution in [2.75, 3.05) is 26.7 Å². The summed E-state index contributed by atoms with van der Waals surface area (Å²) in [5, 5.41) is 5.63. The van der Waals surface area contributed by atoms with Crippen molar-refractivity contribution >= 4 is 17.2 Å². The first kappa shape index (κ1) is 21.8. The van der Waals surface area contributed by atoms with Crippen LogP contribution in [0.4, 0.5) is 0 Å². The molecule has 4 nitrogen and oxygen atoms in total. The fourth-order valence-corrected chi connectivity index (χ4v) is 4.25. The molecule has 4 rings (SSSR count). The predicted molar refractivity (Wildman–Crippen MR) is 128 cm³/mol. The molecule has 31 heavy (non-hydrogen) atoms. The fraction of sp³-hybridized carbons (Fsp3) is 0.346. The van der Waals surface area contributed by atoms with Gasteiger partial charge in [-0.25, -0.2) is 4.68 Å². The van der Waals surface area contributed by atoms with Gasteiger partial charge in [0.15, 0.2) is 0 Å². The van der Waals surface area contributed by atoms with Gasteiger partial charge in [-0.15, -0.1) is 0 Å². The maximum absolute atomic E-state index is 6.01. The Morgan fingerprint density at radius 2 is 1.84 bits per heavy atom. The van der Waals surface area contributed by atoms with Gasteiger partial charge in [-0.3, -0.25) is 4.90 Å². The second-order valence-electron chi connectivity index (χ2n) is 8.05. The Morgan fingerprint density at radius 1 is 1.03 bits per heavy atom. The molecule has 0 saturated heterocycles. The lowest BCUT2D eigenvalue weighted by Crippen LogP contribution is -2.29. The molecule has 0 fully saturated rings. The van der Waals surface area contributed by atoms with Crippen LogP contribution in [0.3, 0.4) is 0 Å². The van der Waals surface area contributed by atoms with E-state index in [1.54, 1.807) is 7.11 Å². The Kier molecular flexibility index (Phi) is 7.57. The van der Waals surface area contributed by atoms with E-state index in [0.29, 0.717) is 6.61 Å². The molecular formula is C26H30ClN3O. The van der Waals surface area contributed by atoms with Crippen LogP contribution in [-0.2, 0) is 17.8 Å². The monoisotopic (exact) mass is 435 g/mol. The summed E-state index contributed by atoms with van der Waals surface area (Å²) >= 11 is 6.01. The van der Waals surface area contributed by atoms with Gasteiger partial charge in [0.05, 0.1) is 23.7 Å². The second-order valence-corrected chi connectivity index (χ2v) is 8.49. The van der Waals surface area contributed by atoms with Crippen LogP contribution in [0.15, 0.2) is 66.7 Å². The molecule has 0 aliphatic carbocycles. The van der Waals surface area contributed by atoms with Gasteiger partial charge in [0.25, 0.3) is 0 Å². The maximum Gasteiger partial charge on any atom is 0.0885 e. The van der Waals surface area contributed by atoms with Crippen LogP contribution >= 0.6 is 11.6 Å². The van der Waals surface area contributed by atoms with Gasteiger partial charge in [-0.2, -0.15) is 5.10 Å². The summed E-state index contributed by atoms with van der Waals surface area (Å²) in [6, 6.07) is 20.6. The number of aromatic nitrogens is 2. The van der Waals surface area contributed by atoms with Gasteiger partial charge in [-0.1, -0.05) is 48.0 Å². The first-order valence-electron chi connectivity index (χ1n) is 11.0. The number of halogens is 1. The number of ether oxygens (including phenoxy) is 1. The highest BCUT2D eigenvalue weighted by Gasteiger charge is 2.13. The minimum absolute atomic E-state index is 0.567. The Bertz CT molecular complexity index is 995. The first-order valence-corrected chi connectivity index (χ1v) is 11.4. The van der Waals surface area contributed by atoms with E-state index < -0.39 is 0 Å². The van der Waals surface area contributed by atoms with E-state index in [9.17, 15) is 0 Å².